The van der Waals surface area contributed by atoms with E-state index in [0.29, 0.717) is 0 Å². The first-order chi connectivity index (χ1) is 12.1. The van der Waals surface area contributed by atoms with Gasteiger partial charge < -0.3 is 29.7 Å². The van der Waals surface area contributed by atoms with Crippen LogP contribution in [-0.4, -0.2) is 52.6 Å². The molecule has 0 aromatic heterocycles. The van der Waals surface area contributed by atoms with Gasteiger partial charge in [-0.3, -0.25) is 28.8 Å². The number of hydrogen-bond acceptors (Lipinski definition) is 12. The fourth-order valence-electron chi connectivity index (χ4n) is 0.895. The van der Waals surface area contributed by atoms with Crippen molar-refractivity contribution < 1.29 is 77.0 Å². The maximum absolute atomic E-state index is 10.1. The minimum Gasteiger partial charge on any atom is -0.542 e. The van der Waals surface area contributed by atoms with Crippen molar-refractivity contribution in [2.45, 2.75) is 40.0 Å². The van der Waals surface area contributed by atoms with Gasteiger partial charge in [-0.1, -0.05) is 0 Å². The first kappa shape index (κ1) is 32.7. The molecule has 28 heavy (non-hydrogen) atoms. The summed E-state index contributed by atoms with van der Waals surface area (Å²) in [6.45, 7) is 3.42. The number of Topliss-reactive ketones (excluding diaryl/α,β-unsaturated/α-hetero) is 6. The Hall–Kier alpha value is -2.99. The molecule has 0 atom stereocenters. The predicted molar refractivity (Wildman–Crippen MR) is 75.9 cm³/mol. The van der Waals surface area contributed by atoms with E-state index in [1.54, 1.807) is 0 Å². The summed E-state index contributed by atoms with van der Waals surface area (Å²) in [5, 5.41) is 28.9. The molecule has 0 aromatic rings. The van der Waals surface area contributed by atoms with E-state index in [4.69, 9.17) is 0 Å². The van der Waals surface area contributed by atoms with Crippen LogP contribution in [0.15, 0.2) is 0 Å². The van der Waals surface area contributed by atoms with Gasteiger partial charge in [-0.25, -0.2) is 0 Å². The van der Waals surface area contributed by atoms with Gasteiger partial charge in [0, 0.05) is 18.6 Å². The van der Waals surface area contributed by atoms with E-state index in [9.17, 15) is 58.5 Å². The molecular weight excluding hydrogens is 423 g/mol. The maximum atomic E-state index is 10.1. The van der Waals surface area contributed by atoms with Gasteiger partial charge in [0.25, 0.3) is 0 Å². The number of carboxylic acid groups (broad SMARTS) is 3. The van der Waals surface area contributed by atoms with Crippen LogP contribution in [0.2, 0.25) is 0 Å². The molecular formula is C15H15O12V-3. The van der Waals surface area contributed by atoms with Crippen molar-refractivity contribution in [1.82, 2.24) is 0 Å². The van der Waals surface area contributed by atoms with Gasteiger partial charge in [0.15, 0.2) is 17.3 Å². The fraction of sp³-hybridized carbons (Fsp3) is 0.400. The minimum absolute atomic E-state index is 0. The van der Waals surface area contributed by atoms with E-state index in [0.717, 1.165) is 20.8 Å². The largest absolute Gasteiger partial charge is 0.542 e. The molecule has 0 heterocycles. The number of aliphatic carboxylic acids is 3. The van der Waals surface area contributed by atoms with E-state index < -0.39 is 71.9 Å². The normalized spacial score (nSPS) is 8.25. The number of carbonyl (C=O) groups is 9. The quantitative estimate of drug-likeness (QED) is 0.243. The number of carbonyl (C=O) groups excluding carboxylic acids is 9. The van der Waals surface area contributed by atoms with Crippen LogP contribution >= 0.6 is 0 Å². The number of ketones is 6. The summed E-state index contributed by atoms with van der Waals surface area (Å²) >= 11 is 0. The van der Waals surface area contributed by atoms with Crippen molar-refractivity contribution in [3.63, 3.8) is 0 Å². The summed E-state index contributed by atoms with van der Waals surface area (Å²) in [5.74, 6) is -10.3. The van der Waals surface area contributed by atoms with E-state index in [1.165, 1.54) is 0 Å². The number of carboxylic acids is 3. The van der Waals surface area contributed by atoms with Crippen LogP contribution in [-0.2, 0) is 61.7 Å². The van der Waals surface area contributed by atoms with Crippen LogP contribution in [0.1, 0.15) is 40.0 Å². The fourth-order valence-corrected chi connectivity index (χ4v) is 0.895. The second kappa shape index (κ2) is 17.4. The Labute approximate surface area is 170 Å². The van der Waals surface area contributed by atoms with Crippen molar-refractivity contribution in [1.29, 1.82) is 0 Å². The van der Waals surface area contributed by atoms with Crippen LogP contribution in [0, 0.1) is 0 Å². The molecule has 0 unspecified atom stereocenters. The zero-order valence-corrected chi connectivity index (χ0v) is 16.4. The first-order valence-electron chi connectivity index (χ1n) is 6.82. The van der Waals surface area contributed by atoms with Crippen molar-refractivity contribution in [2.75, 3.05) is 0 Å². The van der Waals surface area contributed by atoms with Gasteiger partial charge in [0.1, 0.15) is 35.3 Å². The molecule has 0 bridgehead atoms. The van der Waals surface area contributed by atoms with Crippen molar-refractivity contribution in [2.24, 2.45) is 0 Å². The van der Waals surface area contributed by atoms with Gasteiger partial charge in [0.2, 0.25) is 0 Å². The molecule has 0 fully saturated rings. The number of hydrogen-bond donors (Lipinski definition) is 0. The SMILES string of the molecule is CC(=O)CC(=O)C(=O)[O-].CC(=O)CC(=O)C(=O)[O-].CC(=O)CC(=O)C(=O)[O-].[V]. The van der Waals surface area contributed by atoms with E-state index >= 15 is 0 Å². The Kier molecular flexibility index (Phi) is 20.3. The number of rotatable bonds is 9. The summed E-state index contributed by atoms with van der Waals surface area (Å²) in [4.78, 5) is 89.2. The van der Waals surface area contributed by atoms with Crippen LogP contribution in [0.4, 0.5) is 0 Å². The third-order valence-electron chi connectivity index (χ3n) is 1.91. The average molecular weight is 438 g/mol. The molecule has 0 amide bonds. The van der Waals surface area contributed by atoms with Crippen molar-refractivity contribution in [3.8, 4) is 0 Å². The zero-order chi connectivity index (χ0) is 22.3. The molecule has 0 N–H and O–H groups in total. The molecule has 0 aromatic carbocycles. The summed E-state index contributed by atoms with van der Waals surface area (Å²) < 4.78 is 0. The Morgan fingerprint density at radius 3 is 0.643 bits per heavy atom. The molecule has 12 nitrogen and oxygen atoms in total. The standard InChI is InChI=1S/3C5H6O4.V/c3*1-3(6)2-4(7)5(8)9;/h3*2H2,1H3,(H,8,9);/p-3. The second-order valence-corrected chi connectivity index (χ2v) is 4.77. The van der Waals surface area contributed by atoms with Crippen LogP contribution < -0.4 is 15.3 Å². The molecule has 0 aliphatic heterocycles. The smallest absolute Gasteiger partial charge is 0.185 e. The molecule has 1 radical (unpaired) electrons. The Morgan fingerprint density at radius 1 is 0.464 bits per heavy atom. The third kappa shape index (κ3) is 25.3. The summed E-state index contributed by atoms with van der Waals surface area (Å²) in [6.07, 6.45) is -1.70. The van der Waals surface area contributed by atoms with E-state index in [-0.39, 0.29) is 18.6 Å². The minimum atomic E-state index is -1.80. The molecule has 155 valence electrons. The monoisotopic (exact) mass is 438 g/mol. The van der Waals surface area contributed by atoms with Crippen LogP contribution in [0.5, 0.6) is 0 Å². The maximum Gasteiger partial charge on any atom is 0.185 e. The summed E-state index contributed by atoms with van der Waals surface area (Å²) in [7, 11) is 0. The van der Waals surface area contributed by atoms with Gasteiger partial charge >= 0.3 is 0 Å². The molecule has 0 saturated heterocycles. The Balaban J connectivity index is -0.000000152. The molecule has 0 aliphatic rings. The summed E-state index contributed by atoms with van der Waals surface area (Å²) in [5.41, 5.74) is 0. The Morgan fingerprint density at radius 2 is 0.607 bits per heavy atom. The molecule has 0 spiro atoms. The second-order valence-electron chi connectivity index (χ2n) is 4.77. The van der Waals surface area contributed by atoms with Crippen molar-refractivity contribution >= 4 is 52.6 Å². The van der Waals surface area contributed by atoms with Crippen molar-refractivity contribution in [3.05, 3.63) is 0 Å². The molecule has 0 rings (SSSR count). The molecule has 0 aliphatic carbocycles. The van der Waals surface area contributed by atoms with Gasteiger partial charge in [-0.05, 0) is 20.8 Å². The van der Waals surface area contributed by atoms with E-state index in [2.05, 4.69) is 0 Å². The first-order valence-corrected chi connectivity index (χ1v) is 6.82. The third-order valence-corrected chi connectivity index (χ3v) is 1.91. The predicted octanol–water partition coefficient (Wildman–Crippen LogP) is -5.15. The summed E-state index contributed by atoms with van der Waals surface area (Å²) in [6, 6.07) is 0. The van der Waals surface area contributed by atoms with Gasteiger partial charge in [0.05, 0.1) is 19.3 Å². The zero-order valence-electron chi connectivity index (χ0n) is 15.0. The molecule has 13 heteroatoms. The average Bonchev–Trinajstić information content (AvgIpc) is 2.46. The van der Waals surface area contributed by atoms with E-state index in [1.807, 2.05) is 0 Å². The molecule has 0 saturated carbocycles. The van der Waals surface area contributed by atoms with Crippen LogP contribution in [0.3, 0.4) is 0 Å². The Bertz CT molecular complexity index is 572. The van der Waals surface area contributed by atoms with Gasteiger partial charge in [-0.15, -0.1) is 0 Å². The topological polar surface area (TPSA) is 223 Å². The van der Waals surface area contributed by atoms with Gasteiger partial charge in [-0.2, -0.15) is 0 Å². The van der Waals surface area contributed by atoms with Crippen LogP contribution in [0.25, 0.3) is 0 Å².